The van der Waals surface area contributed by atoms with Gasteiger partial charge in [0.1, 0.15) is 18.0 Å². The van der Waals surface area contributed by atoms with Crippen molar-refractivity contribution in [2.45, 2.75) is 19.3 Å². The molecular formula is C12H19ClN6O3S. The number of amides is 1. The van der Waals surface area contributed by atoms with Crippen LogP contribution in [-0.2, 0) is 21.4 Å². The number of hydrogen-bond donors (Lipinski definition) is 3. The van der Waals surface area contributed by atoms with Crippen LogP contribution in [-0.4, -0.2) is 43.9 Å². The summed E-state index contributed by atoms with van der Waals surface area (Å²) >= 11 is 0. The molecule has 4 N–H and O–H groups in total. The summed E-state index contributed by atoms with van der Waals surface area (Å²) in [5.74, 6) is 1.69. The molecule has 1 amide bonds. The first-order valence-corrected chi connectivity index (χ1v) is 8.63. The molecule has 0 saturated carbocycles. The molecule has 128 valence electrons. The van der Waals surface area contributed by atoms with Gasteiger partial charge >= 0.3 is 0 Å². The van der Waals surface area contributed by atoms with Crippen LogP contribution >= 0.6 is 12.4 Å². The molecule has 2 aliphatic rings. The lowest BCUT2D eigenvalue weighted by Crippen LogP contribution is -2.32. The predicted molar refractivity (Wildman–Crippen MR) is 87.7 cm³/mol. The van der Waals surface area contributed by atoms with Crippen molar-refractivity contribution in [3.8, 4) is 0 Å². The molecule has 1 aromatic rings. The van der Waals surface area contributed by atoms with Crippen LogP contribution in [0.15, 0.2) is 6.33 Å². The minimum atomic E-state index is -3.63. The molecule has 1 atom stereocenters. The normalized spacial score (nSPS) is 20.1. The van der Waals surface area contributed by atoms with E-state index in [0.29, 0.717) is 24.7 Å². The van der Waals surface area contributed by atoms with Gasteiger partial charge in [-0.15, -0.1) is 12.4 Å². The number of fused-ring (bicyclic) bond motifs is 1. The Morgan fingerprint density at radius 3 is 2.96 bits per heavy atom. The zero-order valence-electron chi connectivity index (χ0n) is 12.4. The van der Waals surface area contributed by atoms with Gasteiger partial charge < -0.3 is 10.2 Å². The molecule has 23 heavy (non-hydrogen) atoms. The summed E-state index contributed by atoms with van der Waals surface area (Å²) in [5.41, 5.74) is 0.843. The smallest absolute Gasteiger partial charge is 0.274 e. The Hall–Kier alpha value is -1.49. The van der Waals surface area contributed by atoms with Crippen molar-refractivity contribution in [3.63, 3.8) is 0 Å². The maximum atomic E-state index is 11.5. The van der Waals surface area contributed by atoms with Crippen LogP contribution in [0.3, 0.4) is 0 Å². The minimum Gasteiger partial charge on any atom is -0.356 e. The van der Waals surface area contributed by atoms with Crippen LogP contribution in [0.25, 0.3) is 0 Å². The number of carbonyl (C=O) groups is 1. The molecule has 0 radical (unpaired) electrons. The van der Waals surface area contributed by atoms with Crippen molar-refractivity contribution in [1.82, 2.24) is 14.7 Å². The predicted octanol–water partition coefficient (Wildman–Crippen LogP) is -0.598. The molecule has 3 heterocycles. The SMILES string of the molecule is Cl.NS(=O)(=O)NCCC1CCN(c2ncnc3c2CC(=O)N3)C1. The van der Waals surface area contributed by atoms with Crippen molar-refractivity contribution in [3.05, 3.63) is 11.9 Å². The number of nitrogens with two attached hydrogens (primary N) is 1. The molecule has 1 aromatic heterocycles. The number of halogens is 1. The Labute approximate surface area is 140 Å². The number of rotatable bonds is 5. The second kappa shape index (κ2) is 6.95. The lowest BCUT2D eigenvalue weighted by Gasteiger charge is -2.19. The maximum absolute atomic E-state index is 11.5. The van der Waals surface area contributed by atoms with Crippen LogP contribution in [0.2, 0.25) is 0 Å². The second-order valence-electron chi connectivity index (χ2n) is 5.58. The summed E-state index contributed by atoms with van der Waals surface area (Å²) in [6.45, 7) is 1.95. The van der Waals surface area contributed by atoms with Gasteiger partial charge in [0.2, 0.25) is 5.91 Å². The molecule has 9 nitrogen and oxygen atoms in total. The Balaban J connectivity index is 0.00000192. The summed E-state index contributed by atoms with van der Waals surface area (Å²) in [6.07, 6.45) is 3.43. The van der Waals surface area contributed by atoms with E-state index in [-0.39, 0.29) is 18.3 Å². The summed E-state index contributed by atoms with van der Waals surface area (Å²) in [6, 6.07) is 0. The molecule has 11 heteroatoms. The number of nitrogens with zero attached hydrogens (tertiary/aromatic N) is 3. The lowest BCUT2D eigenvalue weighted by atomic mass is 10.1. The van der Waals surface area contributed by atoms with E-state index in [1.54, 1.807) is 0 Å². The molecule has 2 aliphatic heterocycles. The van der Waals surface area contributed by atoms with Gasteiger partial charge in [0.25, 0.3) is 10.2 Å². The third-order valence-electron chi connectivity index (χ3n) is 3.96. The Bertz CT molecular complexity index is 698. The summed E-state index contributed by atoms with van der Waals surface area (Å²) in [5, 5.41) is 7.62. The largest absolute Gasteiger partial charge is 0.356 e. The highest BCUT2D eigenvalue weighted by Crippen LogP contribution is 2.32. The zero-order valence-corrected chi connectivity index (χ0v) is 14.0. The lowest BCUT2D eigenvalue weighted by molar-refractivity contribution is -0.115. The summed E-state index contributed by atoms with van der Waals surface area (Å²) in [4.78, 5) is 22.0. The van der Waals surface area contributed by atoms with E-state index < -0.39 is 10.2 Å². The topological polar surface area (TPSA) is 130 Å². The van der Waals surface area contributed by atoms with E-state index >= 15 is 0 Å². The van der Waals surface area contributed by atoms with Gasteiger partial charge in [-0.05, 0) is 18.8 Å². The van der Waals surface area contributed by atoms with E-state index in [1.165, 1.54) is 6.33 Å². The van der Waals surface area contributed by atoms with E-state index in [1.807, 2.05) is 0 Å². The van der Waals surface area contributed by atoms with Crippen LogP contribution < -0.4 is 20.1 Å². The van der Waals surface area contributed by atoms with E-state index in [4.69, 9.17) is 5.14 Å². The third kappa shape index (κ3) is 4.28. The van der Waals surface area contributed by atoms with Crippen molar-refractivity contribution >= 4 is 40.2 Å². The fourth-order valence-electron chi connectivity index (χ4n) is 2.95. The molecule has 3 rings (SSSR count). The number of nitrogens with one attached hydrogen (secondary N) is 2. The highest BCUT2D eigenvalue weighted by atomic mass is 35.5. The van der Waals surface area contributed by atoms with Crippen molar-refractivity contribution in [2.24, 2.45) is 11.1 Å². The Morgan fingerprint density at radius 2 is 2.22 bits per heavy atom. The quantitative estimate of drug-likeness (QED) is 0.641. The van der Waals surface area contributed by atoms with Crippen LogP contribution in [0.5, 0.6) is 0 Å². The Kier molecular flexibility index (Phi) is 5.40. The van der Waals surface area contributed by atoms with Gasteiger partial charge in [0.15, 0.2) is 0 Å². The van der Waals surface area contributed by atoms with Crippen molar-refractivity contribution in [1.29, 1.82) is 0 Å². The maximum Gasteiger partial charge on any atom is 0.274 e. The first-order chi connectivity index (χ1) is 10.4. The van der Waals surface area contributed by atoms with Gasteiger partial charge in [-0.2, -0.15) is 8.42 Å². The van der Waals surface area contributed by atoms with Crippen LogP contribution in [0, 0.1) is 5.92 Å². The van der Waals surface area contributed by atoms with Crippen molar-refractivity contribution < 1.29 is 13.2 Å². The molecule has 0 spiro atoms. The van der Waals surface area contributed by atoms with Gasteiger partial charge in [-0.1, -0.05) is 0 Å². The van der Waals surface area contributed by atoms with E-state index in [0.717, 1.165) is 37.3 Å². The van der Waals surface area contributed by atoms with Gasteiger partial charge in [0.05, 0.1) is 6.42 Å². The molecule has 1 saturated heterocycles. The molecule has 0 bridgehead atoms. The van der Waals surface area contributed by atoms with E-state index in [2.05, 4.69) is 24.9 Å². The standard InChI is InChI=1S/C12H18N6O3S.ClH/c13-22(20,21)16-3-1-8-2-4-18(6-8)12-9-5-10(19)17-11(9)14-7-15-12;/h7-8,16H,1-6H2,(H2,13,20,21)(H,14,15,17,19);1H. The fourth-order valence-corrected chi connectivity index (χ4v) is 3.35. The fraction of sp³-hybridized carbons (Fsp3) is 0.583. The minimum absolute atomic E-state index is 0. The molecular weight excluding hydrogens is 344 g/mol. The van der Waals surface area contributed by atoms with Crippen LogP contribution in [0.4, 0.5) is 11.6 Å². The summed E-state index contributed by atoms with van der Waals surface area (Å²) < 4.78 is 24.0. The van der Waals surface area contributed by atoms with E-state index in [9.17, 15) is 13.2 Å². The number of hydrogen-bond acceptors (Lipinski definition) is 6. The third-order valence-corrected chi connectivity index (χ3v) is 4.57. The molecule has 1 unspecified atom stereocenters. The first kappa shape index (κ1) is 17.9. The molecule has 1 fully saturated rings. The number of anilines is 2. The van der Waals surface area contributed by atoms with Crippen LogP contribution in [0.1, 0.15) is 18.4 Å². The molecule has 0 aliphatic carbocycles. The zero-order chi connectivity index (χ0) is 15.7. The highest BCUT2D eigenvalue weighted by molar-refractivity contribution is 7.87. The Morgan fingerprint density at radius 1 is 1.43 bits per heavy atom. The highest BCUT2D eigenvalue weighted by Gasteiger charge is 2.29. The molecule has 0 aromatic carbocycles. The van der Waals surface area contributed by atoms with Crippen molar-refractivity contribution in [2.75, 3.05) is 29.9 Å². The van der Waals surface area contributed by atoms with Gasteiger partial charge in [-0.3, -0.25) is 4.79 Å². The average molecular weight is 363 g/mol. The summed E-state index contributed by atoms with van der Waals surface area (Å²) in [7, 11) is -3.63. The van der Waals surface area contributed by atoms with Gasteiger partial charge in [0, 0.05) is 25.2 Å². The average Bonchev–Trinajstić information content (AvgIpc) is 3.02. The first-order valence-electron chi connectivity index (χ1n) is 7.08. The monoisotopic (exact) mass is 362 g/mol. The number of carbonyl (C=O) groups excluding carboxylic acids is 1. The van der Waals surface area contributed by atoms with Gasteiger partial charge in [-0.25, -0.2) is 19.8 Å². The second-order valence-corrected chi connectivity index (χ2v) is 6.96. The number of aromatic nitrogens is 2.